The maximum Gasteiger partial charge on any atom is 0.312 e. The van der Waals surface area contributed by atoms with E-state index in [1.165, 1.54) is 12.3 Å². The second-order valence-corrected chi connectivity index (χ2v) is 4.62. The first kappa shape index (κ1) is 11.3. The zero-order chi connectivity index (χ0) is 12.5. The number of hydrogen-bond donors (Lipinski definition) is 1. The van der Waals surface area contributed by atoms with E-state index in [0.717, 1.165) is 12.8 Å². The van der Waals surface area contributed by atoms with Gasteiger partial charge in [0.2, 0.25) is 5.82 Å². The molecule has 1 saturated carbocycles. The molecule has 1 fully saturated rings. The van der Waals surface area contributed by atoms with Crippen molar-refractivity contribution in [3.8, 4) is 6.07 Å². The summed E-state index contributed by atoms with van der Waals surface area (Å²) in [5, 5.41) is 22.5. The minimum Gasteiger partial charge on any atom is -0.364 e. The molecule has 6 heteroatoms. The van der Waals surface area contributed by atoms with E-state index in [-0.39, 0.29) is 22.5 Å². The van der Waals surface area contributed by atoms with Gasteiger partial charge in [-0.1, -0.05) is 6.92 Å². The Morgan fingerprint density at radius 2 is 2.41 bits per heavy atom. The van der Waals surface area contributed by atoms with E-state index in [9.17, 15) is 10.1 Å². The Morgan fingerprint density at radius 3 is 2.94 bits per heavy atom. The summed E-state index contributed by atoms with van der Waals surface area (Å²) in [7, 11) is 0. The third-order valence-electron chi connectivity index (χ3n) is 2.98. The normalized spacial score (nSPS) is 16.0. The maximum absolute atomic E-state index is 10.8. The number of hydrogen-bond acceptors (Lipinski definition) is 5. The third-order valence-corrected chi connectivity index (χ3v) is 2.98. The Balaban J connectivity index is 2.20. The van der Waals surface area contributed by atoms with Crippen LogP contribution in [0.5, 0.6) is 0 Å². The highest BCUT2D eigenvalue weighted by molar-refractivity contribution is 5.58. The first-order valence-electron chi connectivity index (χ1n) is 5.32. The molecule has 88 valence electrons. The number of anilines is 1. The maximum atomic E-state index is 10.8. The summed E-state index contributed by atoms with van der Waals surface area (Å²) >= 11 is 0. The van der Waals surface area contributed by atoms with E-state index in [1.54, 1.807) is 0 Å². The van der Waals surface area contributed by atoms with E-state index in [0.29, 0.717) is 6.54 Å². The summed E-state index contributed by atoms with van der Waals surface area (Å²) in [4.78, 5) is 14.3. The van der Waals surface area contributed by atoms with Crippen LogP contribution < -0.4 is 5.32 Å². The summed E-state index contributed by atoms with van der Waals surface area (Å²) in [6.07, 6.45) is 3.60. The van der Waals surface area contributed by atoms with Gasteiger partial charge >= 0.3 is 5.69 Å². The monoisotopic (exact) mass is 232 g/mol. The highest BCUT2D eigenvalue weighted by atomic mass is 16.6. The lowest BCUT2D eigenvalue weighted by molar-refractivity contribution is -0.384. The molecule has 1 aliphatic carbocycles. The molecule has 6 nitrogen and oxygen atoms in total. The van der Waals surface area contributed by atoms with Crippen LogP contribution in [0.1, 0.15) is 25.3 Å². The van der Waals surface area contributed by atoms with Crippen molar-refractivity contribution in [2.24, 2.45) is 5.41 Å². The van der Waals surface area contributed by atoms with Crippen LogP contribution in [0.25, 0.3) is 0 Å². The number of nitriles is 1. The van der Waals surface area contributed by atoms with Crippen LogP contribution in [0.4, 0.5) is 11.5 Å². The van der Waals surface area contributed by atoms with Crippen LogP contribution >= 0.6 is 0 Å². The molecule has 0 unspecified atom stereocenters. The molecular weight excluding hydrogens is 220 g/mol. The molecule has 0 aliphatic heterocycles. The molecule has 0 spiro atoms. The molecule has 17 heavy (non-hydrogen) atoms. The predicted molar refractivity (Wildman–Crippen MR) is 61.4 cm³/mol. The molecule has 1 aromatic rings. The molecule has 2 rings (SSSR count). The summed E-state index contributed by atoms with van der Waals surface area (Å²) in [5.74, 6) is 0.238. The van der Waals surface area contributed by atoms with Crippen LogP contribution in [0.3, 0.4) is 0 Å². The van der Waals surface area contributed by atoms with Crippen molar-refractivity contribution in [1.29, 1.82) is 5.26 Å². The number of rotatable bonds is 4. The standard InChI is InChI=1S/C11H12N4O2/c1-11(2-3-11)7-14-10-9(15(16)17)4-8(5-12)6-13-10/h4,6H,2-3,7H2,1H3,(H,13,14). The van der Waals surface area contributed by atoms with Crippen molar-refractivity contribution in [2.45, 2.75) is 19.8 Å². The Morgan fingerprint density at radius 1 is 1.71 bits per heavy atom. The van der Waals surface area contributed by atoms with Crippen LogP contribution in [0.2, 0.25) is 0 Å². The largest absolute Gasteiger partial charge is 0.364 e. The molecule has 0 atom stereocenters. The fourth-order valence-corrected chi connectivity index (χ4v) is 1.48. The first-order chi connectivity index (χ1) is 8.04. The zero-order valence-electron chi connectivity index (χ0n) is 9.43. The van der Waals surface area contributed by atoms with Gasteiger partial charge in [-0.05, 0) is 18.3 Å². The van der Waals surface area contributed by atoms with Gasteiger partial charge in [-0.2, -0.15) is 5.26 Å². The number of nitrogens with zero attached hydrogens (tertiary/aromatic N) is 3. The number of pyridine rings is 1. The van der Waals surface area contributed by atoms with Gasteiger partial charge in [0.1, 0.15) is 6.07 Å². The van der Waals surface area contributed by atoms with Crippen molar-refractivity contribution in [3.63, 3.8) is 0 Å². The fraction of sp³-hybridized carbons (Fsp3) is 0.455. The minimum atomic E-state index is -0.522. The predicted octanol–water partition coefficient (Wildman–Crippen LogP) is 2.07. The average molecular weight is 232 g/mol. The van der Waals surface area contributed by atoms with Gasteiger partial charge in [0.15, 0.2) is 0 Å². The van der Waals surface area contributed by atoms with Gasteiger partial charge in [-0.25, -0.2) is 4.98 Å². The first-order valence-corrected chi connectivity index (χ1v) is 5.32. The van der Waals surface area contributed by atoms with Crippen LogP contribution in [0.15, 0.2) is 12.3 Å². The summed E-state index contributed by atoms with van der Waals surface area (Å²) in [6, 6.07) is 3.08. The van der Waals surface area contributed by atoms with Crippen LogP contribution in [-0.4, -0.2) is 16.5 Å². The quantitative estimate of drug-likeness (QED) is 0.633. The van der Waals surface area contributed by atoms with Crippen molar-refractivity contribution >= 4 is 11.5 Å². The number of nitrogens with one attached hydrogen (secondary N) is 1. The summed E-state index contributed by atoms with van der Waals surface area (Å²) < 4.78 is 0. The Kier molecular flexibility index (Phi) is 2.68. The van der Waals surface area contributed by atoms with Gasteiger partial charge in [0, 0.05) is 18.8 Å². The Hall–Kier alpha value is -2.16. The molecule has 0 aromatic carbocycles. The lowest BCUT2D eigenvalue weighted by Crippen LogP contribution is -2.14. The van der Waals surface area contributed by atoms with Crippen molar-refractivity contribution < 1.29 is 4.92 Å². The van der Waals surface area contributed by atoms with Gasteiger partial charge in [-0.15, -0.1) is 0 Å². The van der Waals surface area contributed by atoms with Crippen molar-refractivity contribution in [1.82, 2.24) is 4.98 Å². The van der Waals surface area contributed by atoms with E-state index in [1.807, 2.05) is 6.07 Å². The van der Waals surface area contributed by atoms with E-state index >= 15 is 0 Å². The molecule has 1 aliphatic rings. The number of aromatic nitrogens is 1. The second kappa shape index (κ2) is 4.01. The smallest absolute Gasteiger partial charge is 0.312 e. The summed E-state index contributed by atoms with van der Waals surface area (Å²) in [5.41, 5.74) is 0.289. The highest BCUT2D eigenvalue weighted by Crippen LogP contribution is 2.45. The van der Waals surface area contributed by atoms with E-state index < -0.39 is 4.92 Å². The summed E-state index contributed by atoms with van der Waals surface area (Å²) in [6.45, 7) is 2.79. The van der Waals surface area contributed by atoms with Crippen LogP contribution in [-0.2, 0) is 0 Å². The molecular formula is C11H12N4O2. The van der Waals surface area contributed by atoms with Gasteiger partial charge in [0.25, 0.3) is 0 Å². The molecule has 0 bridgehead atoms. The lowest BCUT2D eigenvalue weighted by Gasteiger charge is -2.10. The van der Waals surface area contributed by atoms with E-state index in [4.69, 9.17) is 5.26 Å². The SMILES string of the molecule is CC1(CNc2ncc(C#N)cc2[N+](=O)[O-])CC1. The van der Waals surface area contributed by atoms with Crippen LogP contribution in [0, 0.1) is 26.9 Å². The van der Waals surface area contributed by atoms with E-state index in [2.05, 4.69) is 17.2 Å². The topological polar surface area (TPSA) is 91.8 Å². The Bertz CT molecular complexity index is 503. The zero-order valence-corrected chi connectivity index (χ0v) is 9.43. The molecule has 1 heterocycles. The molecule has 1 aromatic heterocycles. The van der Waals surface area contributed by atoms with Gasteiger partial charge in [-0.3, -0.25) is 10.1 Å². The third kappa shape index (κ3) is 2.50. The average Bonchev–Trinajstić information content (AvgIpc) is 3.05. The Labute approximate surface area is 98.4 Å². The highest BCUT2D eigenvalue weighted by Gasteiger charge is 2.37. The lowest BCUT2D eigenvalue weighted by atomic mass is 10.1. The molecule has 0 saturated heterocycles. The fourth-order valence-electron chi connectivity index (χ4n) is 1.48. The molecule has 1 N–H and O–H groups in total. The minimum absolute atomic E-state index is 0.145. The van der Waals surface area contributed by atoms with Gasteiger partial charge < -0.3 is 5.32 Å². The second-order valence-electron chi connectivity index (χ2n) is 4.62. The van der Waals surface area contributed by atoms with Crippen molar-refractivity contribution in [2.75, 3.05) is 11.9 Å². The van der Waals surface area contributed by atoms with Crippen molar-refractivity contribution in [3.05, 3.63) is 27.9 Å². The van der Waals surface area contributed by atoms with Gasteiger partial charge in [0.05, 0.1) is 10.5 Å². The molecule has 0 amide bonds. The molecule has 0 radical (unpaired) electrons. The number of nitro groups is 1.